The van der Waals surface area contributed by atoms with E-state index in [1.807, 2.05) is 12.1 Å². The Morgan fingerprint density at radius 3 is 2.57 bits per heavy atom. The van der Waals surface area contributed by atoms with Gasteiger partial charge in [-0.05, 0) is 50.9 Å². The zero-order chi connectivity index (χ0) is 14.8. The van der Waals surface area contributed by atoms with Crippen LogP contribution in [0.3, 0.4) is 0 Å². The van der Waals surface area contributed by atoms with Crippen LogP contribution in [0.4, 0.5) is 0 Å². The van der Waals surface area contributed by atoms with Gasteiger partial charge in [-0.15, -0.1) is 0 Å². The summed E-state index contributed by atoms with van der Waals surface area (Å²) in [6.07, 6.45) is 3.98. The number of rotatable bonds is 4. The quantitative estimate of drug-likeness (QED) is 0.928. The van der Waals surface area contributed by atoms with Gasteiger partial charge in [-0.3, -0.25) is 9.80 Å². The molecule has 2 heterocycles. The smallest absolute Gasteiger partial charge is 0.0511 e. The molecule has 116 valence electrons. The highest BCUT2D eigenvalue weighted by atomic mass is 35.5. The van der Waals surface area contributed by atoms with Crippen molar-refractivity contribution in [1.82, 2.24) is 9.80 Å². The fourth-order valence-electron chi connectivity index (χ4n) is 3.95. The molecule has 0 radical (unpaired) electrons. The normalized spacial score (nSPS) is 27.1. The Morgan fingerprint density at radius 1 is 1.19 bits per heavy atom. The van der Waals surface area contributed by atoms with Crippen molar-refractivity contribution in [2.24, 2.45) is 5.73 Å². The minimum Gasteiger partial charge on any atom is -0.326 e. The van der Waals surface area contributed by atoms with Gasteiger partial charge in [0.1, 0.15) is 0 Å². The molecule has 4 heteroatoms. The number of likely N-dealkylation sites (tertiary alicyclic amines) is 2. The maximum atomic E-state index is 6.41. The summed E-state index contributed by atoms with van der Waals surface area (Å²) >= 11 is 6.41. The molecule has 0 saturated carbocycles. The molecule has 2 fully saturated rings. The molecule has 0 spiro atoms. The first-order valence-corrected chi connectivity index (χ1v) is 8.52. The Balaban J connectivity index is 1.75. The molecule has 2 N–H and O–H groups in total. The Hall–Kier alpha value is -0.610. The molecule has 3 nitrogen and oxygen atoms in total. The highest BCUT2D eigenvalue weighted by Gasteiger charge is 2.35. The van der Waals surface area contributed by atoms with Crippen LogP contribution in [0.1, 0.15) is 37.8 Å². The number of nitrogens with zero attached hydrogens (tertiary/aromatic N) is 2. The average Bonchev–Trinajstić information content (AvgIpc) is 3.11. The van der Waals surface area contributed by atoms with Gasteiger partial charge in [0, 0.05) is 30.2 Å². The van der Waals surface area contributed by atoms with Crippen molar-refractivity contribution < 1.29 is 0 Å². The molecule has 0 aliphatic carbocycles. The first-order valence-electron chi connectivity index (χ1n) is 8.15. The largest absolute Gasteiger partial charge is 0.326 e. The van der Waals surface area contributed by atoms with Gasteiger partial charge < -0.3 is 5.73 Å². The van der Waals surface area contributed by atoms with E-state index in [1.165, 1.54) is 37.9 Å². The third kappa shape index (κ3) is 3.26. The van der Waals surface area contributed by atoms with Crippen LogP contribution in [0, 0.1) is 0 Å². The van der Waals surface area contributed by atoms with E-state index in [0.29, 0.717) is 6.04 Å². The van der Waals surface area contributed by atoms with E-state index in [1.54, 1.807) is 0 Å². The van der Waals surface area contributed by atoms with Crippen molar-refractivity contribution in [3.8, 4) is 0 Å². The molecule has 3 atom stereocenters. The van der Waals surface area contributed by atoms with Gasteiger partial charge in [-0.1, -0.05) is 29.8 Å². The molecule has 0 aromatic heterocycles. The Kier molecular flexibility index (Phi) is 4.85. The Bertz CT molecular complexity index is 471. The van der Waals surface area contributed by atoms with E-state index < -0.39 is 0 Å². The monoisotopic (exact) mass is 307 g/mol. The van der Waals surface area contributed by atoms with E-state index in [4.69, 9.17) is 17.3 Å². The summed E-state index contributed by atoms with van der Waals surface area (Å²) < 4.78 is 0. The molecule has 2 aliphatic rings. The van der Waals surface area contributed by atoms with Crippen LogP contribution in [0.15, 0.2) is 24.3 Å². The minimum atomic E-state index is 0.0854. The molecule has 21 heavy (non-hydrogen) atoms. The molecule has 1 aromatic rings. The molecule has 3 unspecified atom stereocenters. The lowest BCUT2D eigenvalue weighted by Crippen LogP contribution is -2.41. The van der Waals surface area contributed by atoms with Gasteiger partial charge in [0.05, 0.1) is 6.04 Å². The fraction of sp³-hybridized carbons (Fsp3) is 0.647. The zero-order valence-electron chi connectivity index (χ0n) is 12.8. The van der Waals surface area contributed by atoms with Crippen molar-refractivity contribution >= 4 is 11.6 Å². The second-order valence-electron chi connectivity index (χ2n) is 6.51. The van der Waals surface area contributed by atoms with E-state index in [2.05, 4.69) is 28.9 Å². The van der Waals surface area contributed by atoms with Crippen molar-refractivity contribution in [3.63, 3.8) is 0 Å². The van der Waals surface area contributed by atoms with Gasteiger partial charge in [0.25, 0.3) is 0 Å². The fourth-order valence-corrected chi connectivity index (χ4v) is 4.20. The van der Waals surface area contributed by atoms with Crippen molar-refractivity contribution in [3.05, 3.63) is 34.9 Å². The van der Waals surface area contributed by atoms with E-state index in [9.17, 15) is 0 Å². The second kappa shape index (κ2) is 6.66. The summed E-state index contributed by atoms with van der Waals surface area (Å²) in [5.74, 6) is 0. The number of nitrogens with two attached hydrogens (primary N) is 1. The number of benzene rings is 1. The van der Waals surface area contributed by atoms with Crippen LogP contribution in [0.25, 0.3) is 0 Å². The van der Waals surface area contributed by atoms with Crippen molar-refractivity contribution in [1.29, 1.82) is 0 Å². The van der Waals surface area contributed by atoms with Gasteiger partial charge in [-0.2, -0.15) is 0 Å². The Morgan fingerprint density at radius 2 is 1.90 bits per heavy atom. The van der Waals surface area contributed by atoms with Crippen LogP contribution in [0.5, 0.6) is 0 Å². The average molecular weight is 308 g/mol. The van der Waals surface area contributed by atoms with Crippen LogP contribution >= 0.6 is 11.6 Å². The number of halogens is 1. The predicted molar refractivity (Wildman–Crippen MR) is 88.6 cm³/mol. The molecular formula is C17H26ClN3. The number of hydrogen-bond acceptors (Lipinski definition) is 3. The maximum absolute atomic E-state index is 6.41. The molecule has 3 rings (SSSR count). The van der Waals surface area contributed by atoms with Crippen LogP contribution in [-0.2, 0) is 0 Å². The molecule has 1 aromatic carbocycles. The lowest BCUT2D eigenvalue weighted by atomic mass is 9.99. The molecule has 2 aliphatic heterocycles. The van der Waals surface area contributed by atoms with Crippen molar-refractivity contribution in [2.45, 2.75) is 44.3 Å². The lowest BCUT2D eigenvalue weighted by Gasteiger charge is -2.33. The lowest BCUT2D eigenvalue weighted by molar-refractivity contribution is 0.185. The minimum absolute atomic E-state index is 0.0854. The summed E-state index contributed by atoms with van der Waals surface area (Å²) in [5, 5.41) is 0.837. The first-order chi connectivity index (χ1) is 10.2. The summed E-state index contributed by atoms with van der Waals surface area (Å²) in [5.41, 5.74) is 7.48. The maximum Gasteiger partial charge on any atom is 0.0511 e. The van der Waals surface area contributed by atoms with Crippen LogP contribution in [0.2, 0.25) is 5.02 Å². The van der Waals surface area contributed by atoms with Gasteiger partial charge in [0.2, 0.25) is 0 Å². The van der Waals surface area contributed by atoms with E-state index in [0.717, 1.165) is 18.1 Å². The van der Waals surface area contributed by atoms with Crippen LogP contribution in [-0.4, -0.2) is 48.1 Å². The van der Waals surface area contributed by atoms with E-state index >= 15 is 0 Å². The summed E-state index contributed by atoms with van der Waals surface area (Å²) in [6, 6.07) is 9.16. The molecular weight excluding hydrogens is 282 g/mol. The standard InChI is InChI=1S/C17H26ClN3/c1-13(19)17(15-6-2-3-7-16(15)18)21-11-8-14(12-21)20-9-4-5-10-20/h2-3,6-7,13-14,17H,4-5,8-12,19H2,1H3. The second-order valence-corrected chi connectivity index (χ2v) is 6.91. The van der Waals surface area contributed by atoms with Crippen LogP contribution < -0.4 is 5.73 Å². The van der Waals surface area contributed by atoms with Gasteiger partial charge in [0.15, 0.2) is 0 Å². The predicted octanol–water partition coefficient (Wildman–Crippen LogP) is 2.90. The third-order valence-corrected chi connectivity index (χ3v) is 5.31. The van der Waals surface area contributed by atoms with Crippen molar-refractivity contribution in [2.75, 3.05) is 26.2 Å². The Labute approximate surface area is 133 Å². The third-order valence-electron chi connectivity index (χ3n) is 4.97. The summed E-state index contributed by atoms with van der Waals surface area (Å²) in [7, 11) is 0. The summed E-state index contributed by atoms with van der Waals surface area (Å²) in [6.45, 7) is 6.88. The molecule has 0 bridgehead atoms. The van der Waals surface area contributed by atoms with E-state index in [-0.39, 0.29) is 12.1 Å². The SMILES string of the molecule is CC(N)C(c1ccccc1Cl)N1CCC(N2CCCC2)C1. The summed E-state index contributed by atoms with van der Waals surface area (Å²) in [4.78, 5) is 5.19. The zero-order valence-corrected chi connectivity index (χ0v) is 13.6. The molecule has 2 saturated heterocycles. The highest BCUT2D eigenvalue weighted by molar-refractivity contribution is 6.31. The topological polar surface area (TPSA) is 32.5 Å². The molecule has 0 amide bonds. The highest BCUT2D eigenvalue weighted by Crippen LogP contribution is 2.33. The number of hydrogen-bond donors (Lipinski definition) is 1. The first kappa shape index (κ1) is 15.3. The van der Waals surface area contributed by atoms with Gasteiger partial charge >= 0.3 is 0 Å². The van der Waals surface area contributed by atoms with Gasteiger partial charge in [-0.25, -0.2) is 0 Å².